The van der Waals surface area contributed by atoms with Crippen molar-refractivity contribution < 1.29 is 4.74 Å². The Bertz CT molecular complexity index is 116. The highest BCUT2D eigenvalue weighted by Crippen LogP contribution is 2.21. The Hall–Kier alpha value is -0.0800. The van der Waals surface area contributed by atoms with Crippen LogP contribution in [0.15, 0.2) is 0 Å². The van der Waals surface area contributed by atoms with Gasteiger partial charge in [-0.2, -0.15) is 0 Å². The molecule has 0 aromatic rings. The first-order valence-electron chi connectivity index (χ1n) is 4.45. The van der Waals surface area contributed by atoms with Crippen LogP contribution in [0.25, 0.3) is 0 Å². The second kappa shape index (κ2) is 4.07. The zero-order chi connectivity index (χ0) is 8.27. The van der Waals surface area contributed by atoms with Gasteiger partial charge in [0.05, 0.1) is 6.61 Å². The van der Waals surface area contributed by atoms with Gasteiger partial charge in [-0.25, -0.2) is 0 Å². The molecule has 1 fully saturated rings. The SMILES string of the molecule is COC[C@@H](C)[C@@H]1CCCN1C. The zero-order valence-electron chi connectivity index (χ0n) is 7.84. The summed E-state index contributed by atoms with van der Waals surface area (Å²) < 4.78 is 5.14. The highest BCUT2D eigenvalue weighted by atomic mass is 16.5. The van der Waals surface area contributed by atoms with Crippen molar-refractivity contribution in [3.63, 3.8) is 0 Å². The number of methoxy groups -OCH3 is 1. The van der Waals surface area contributed by atoms with E-state index in [4.69, 9.17) is 4.74 Å². The molecular formula is C9H19NO. The molecule has 66 valence electrons. The molecule has 0 N–H and O–H groups in total. The summed E-state index contributed by atoms with van der Waals surface area (Å²) in [7, 11) is 4.00. The van der Waals surface area contributed by atoms with E-state index in [0.717, 1.165) is 12.6 Å². The van der Waals surface area contributed by atoms with E-state index in [1.807, 2.05) is 0 Å². The van der Waals surface area contributed by atoms with Gasteiger partial charge in [0.25, 0.3) is 0 Å². The molecule has 1 aliphatic rings. The van der Waals surface area contributed by atoms with E-state index in [1.54, 1.807) is 7.11 Å². The fraction of sp³-hybridized carbons (Fsp3) is 1.00. The molecule has 1 aliphatic heterocycles. The lowest BCUT2D eigenvalue weighted by Crippen LogP contribution is -2.33. The molecule has 0 unspecified atom stereocenters. The summed E-state index contributed by atoms with van der Waals surface area (Å²) in [5, 5.41) is 0. The van der Waals surface area contributed by atoms with Gasteiger partial charge in [0.1, 0.15) is 0 Å². The van der Waals surface area contributed by atoms with Crippen molar-refractivity contribution in [2.75, 3.05) is 27.3 Å². The molecule has 0 radical (unpaired) electrons. The number of ether oxygens (including phenoxy) is 1. The van der Waals surface area contributed by atoms with Crippen molar-refractivity contribution in [1.29, 1.82) is 0 Å². The smallest absolute Gasteiger partial charge is 0.0502 e. The number of hydrogen-bond donors (Lipinski definition) is 0. The van der Waals surface area contributed by atoms with E-state index in [1.165, 1.54) is 19.4 Å². The van der Waals surface area contributed by atoms with E-state index in [-0.39, 0.29) is 0 Å². The molecule has 0 amide bonds. The Morgan fingerprint density at radius 1 is 1.64 bits per heavy atom. The van der Waals surface area contributed by atoms with Crippen LogP contribution < -0.4 is 0 Å². The Morgan fingerprint density at radius 3 is 2.82 bits per heavy atom. The number of nitrogens with zero attached hydrogens (tertiary/aromatic N) is 1. The van der Waals surface area contributed by atoms with Crippen molar-refractivity contribution in [2.24, 2.45) is 5.92 Å². The molecule has 2 heteroatoms. The van der Waals surface area contributed by atoms with E-state index in [9.17, 15) is 0 Å². The van der Waals surface area contributed by atoms with Crippen LogP contribution >= 0.6 is 0 Å². The number of rotatable bonds is 3. The Kier molecular flexibility index (Phi) is 3.34. The largest absolute Gasteiger partial charge is 0.384 e. The maximum Gasteiger partial charge on any atom is 0.0502 e. The van der Waals surface area contributed by atoms with Crippen LogP contribution in [0.5, 0.6) is 0 Å². The summed E-state index contributed by atoms with van der Waals surface area (Å²) in [4.78, 5) is 2.45. The molecule has 2 atom stereocenters. The van der Waals surface area contributed by atoms with Crippen LogP contribution in [-0.4, -0.2) is 38.3 Å². The van der Waals surface area contributed by atoms with Crippen molar-refractivity contribution >= 4 is 0 Å². The molecule has 0 aromatic heterocycles. The van der Waals surface area contributed by atoms with E-state index in [2.05, 4.69) is 18.9 Å². The van der Waals surface area contributed by atoms with Gasteiger partial charge in [0.15, 0.2) is 0 Å². The minimum atomic E-state index is 0.688. The molecule has 0 aliphatic carbocycles. The standard InChI is InChI=1S/C9H19NO/c1-8(7-11-3)9-5-4-6-10(9)2/h8-9H,4-7H2,1-3H3/t8-,9+/m1/s1. The maximum absolute atomic E-state index is 5.14. The van der Waals surface area contributed by atoms with Crippen molar-refractivity contribution in [3.8, 4) is 0 Å². The molecule has 1 saturated heterocycles. The molecule has 2 nitrogen and oxygen atoms in total. The third-order valence-electron chi connectivity index (χ3n) is 2.66. The fourth-order valence-electron chi connectivity index (χ4n) is 2.03. The van der Waals surface area contributed by atoms with E-state index in [0.29, 0.717) is 5.92 Å². The molecular weight excluding hydrogens is 138 g/mol. The molecule has 0 spiro atoms. The van der Waals surface area contributed by atoms with Crippen molar-refractivity contribution in [3.05, 3.63) is 0 Å². The lowest BCUT2D eigenvalue weighted by molar-refractivity contribution is 0.113. The molecule has 1 rings (SSSR count). The van der Waals surface area contributed by atoms with Gasteiger partial charge in [0.2, 0.25) is 0 Å². The first-order valence-corrected chi connectivity index (χ1v) is 4.45. The summed E-state index contributed by atoms with van der Waals surface area (Å²) in [6.07, 6.45) is 2.70. The highest BCUT2D eigenvalue weighted by Gasteiger charge is 2.25. The van der Waals surface area contributed by atoms with Crippen LogP contribution in [0.4, 0.5) is 0 Å². The van der Waals surface area contributed by atoms with E-state index >= 15 is 0 Å². The van der Waals surface area contributed by atoms with Gasteiger partial charge < -0.3 is 9.64 Å². The van der Waals surface area contributed by atoms with Crippen LogP contribution in [0.3, 0.4) is 0 Å². The van der Waals surface area contributed by atoms with Crippen LogP contribution in [0.2, 0.25) is 0 Å². The van der Waals surface area contributed by atoms with Gasteiger partial charge >= 0.3 is 0 Å². The molecule has 11 heavy (non-hydrogen) atoms. The summed E-state index contributed by atoms with van der Waals surface area (Å²) in [6, 6.07) is 0.759. The monoisotopic (exact) mass is 157 g/mol. The van der Waals surface area contributed by atoms with Crippen LogP contribution in [-0.2, 0) is 4.74 Å². The summed E-state index contributed by atoms with van der Waals surface area (Å²) in [6.45, 7) is 4.43. The summed E-state index contributed by atoms with van der Waals surface area (Å²) in [5.41, 5.74) is 0. The summed E-state index contributed by atoms with van der Waals surface area (Å²) >= 11 is 0. The predicted molar refractivity (Wildman–Crippen MR) is 46.7 cm³/mol. The second-order valence-electron chi connectivity index (χ2n) is 3.62. The van der Waals surface area contributed by atoms with Gasteiger partial charge in [-0.3, -0.25) is 0 Å². The Morgan fingerprint density at radius 2 is 2.36 bits per heavy atom. The minimum Gasteiger partial charge on any atom is -0.384 e. The third kappa shape index (κ3) is 2.17. The van der Waals surface area contributed by atoms with E-state index < -0.39 is 0 Å². The van der Waals surface area contributed by atoms with Gasteiger partial charge in [0, 0.05) is 13.2 Å². The first-order chi connectivity index (χ1) is 5.25. The molecule has 0 saturated carbocycles. The molecule has 0 bridgehead atoms. The van der Waals surface area contributed by atoms with Crippen LogP contribution in [0, 0.1) is 5.92 Å². The predicted octanol–water partition coefficient (Wildman–Crippen LogP) is 1.36. The van der Waals surface area contributed by atoms with Crippen molar-refractivity contribution in [1.82, 2.24) is 4.90 Å². The quantitative estimate of drug-likeness (QED) is 0.613. The average molecular weight is 157 g/mol. The zero-order valence-corrected chi connectivity index (χ0v) is 7.84. The summed E-state index contributed by atoms with van der Waals surface area (Å²) in [5.74, 6) is 0.688. The second-order valence-corrected chi connectivity index (χ2v) is 3.62. The topological polar surface area (TPSA) is 12.5 Å². The average Bonchev–Trinajstić information content (AvgIpc) is 2.36. The normalized spacial score (nSPS) is 29.2. The van der Waals surface area contributed by atoms with Gasteiger partial charge in [-0.05, 0) is 32.4 Å². The molecule has 0 aromatic carbocycles. The fourth-order valence-corrected chi connectivity index (χ4v) is 2.03. The van der Waals surface area contributed by atoms with Gasteiger partial charge in [-0.1, -0.05) is 6.92 Å². The molecule has 1 heterocycles. The lowest BCUT2D eigenvalue weighted by atomic mass is 10.0. The van der Waals surface area contributed by atoms with Crippen LogP contribution in [0.1, 0.15) is 19.8 Å². The Labute approximate surface area is 69.5 Å². The van der Waals surface area contributed by atoms with Gasteiger partial charge in [-0.15, -0.1) is 0 Å². The lowest BCUT2D eigenvalue weighted by Gasteiger charge is -2.25. The first kappa shape index (κ1) is 9.01. The number of hydrogen-bond acceptors (Lipinski definition) is 2. The Balaban J connectivity index is 2.33. The highest BCUT2D eigenvalue weighted by molar-refractivity contribution is 4.80. The minimum absolute atomic E-state index is 0.688. The number of likely N-dealkylation sites (tertiary alicyclic amines) is 1. The maximum atomic E-state index is 5.14. The third-order valence-corrected chi connectivity index (χ3v) is 2.66. The van der Waals surface area contributed by atoms with Crippen molar-refractivity contribution in [2.45, 2.75) is 25.8 Å².